The Labute approximate surface area is 157 Å². The molecule has 7 nitrogen and oxygen atoms in total. The highest BCUT2D eigenvalue weighted by molar-refractivity contribution is 7.79. The molecule has 2 N–H and O–H groups in total. The average Bonchev–Trinajstić information content (AvgIpc) is 2.65. The van der Waals surface area contributed by atoms with Gasteiger partial charge in [-0.15, -0.1) is 0 Å². The molecular formula is C18H27N2O5S-. The summed E-state index contributed by atoms with van der Waals surface area (Å²) in [6, 6.07) is 7.87. The first-order valence-electron chi connectivity index (χ1n) is 8.79. The molecule has 1 aliphatic rings. The van der Waals surface area contributed by atoms with Gasteiger partial charge in [0.25, 0.3) is 0 Å². The highest BCUT2D eigenvalue weighted by atomic mass is 32.2. The van der Waals surface area contributed by atoms with E-state index in [1.54, 1.807) is 26.4 Å². The fourth-order valence-electron chi connectivity index (χ4n) is 3.77. The summed E-state index contributed by atoms with van der Waals surface area (Å²) >= 11 is -2.46. The van der Waals surface area contributed by atoms with Gasteiger partial charge < -0.3 is 9.29 Å². The van der Waals surface area contributed by atoms with Gasteiger partial charge in [-0.1, -0.05) is 32.0 Å². The van der Waals surface area contributed by atoms with Gasteiger partial charge >= 0.3 is 0 Å². The fourth-order valence-corrected chi connectivity index (χ4v) is 4.90. The molecule has 0 radical (unpaired) electrons. The van der Waals surface area contributed by atoms with Crippen LogP contribution in [0.4, 0.5) is 0 Å². The summed E-state index contributed by atoms with van der Waals surface area (Å²) in [5, 5.41) is 8.04. The van der Waals surface area contributed by atoms with Crippen LogP contribution in [0.2, 0.25) is 0 Å². The van der Waals surface area contributed by atoms with Gasteiger partial charge in [0.15, 0.2) is 0 Å². The van der Waals surface area contributed by atoms with E-state index in [0.29, 0.717) is 13.1 Å². The Hall–Kier alpha value is -1.48. The summed E-state index contributed by atoms with van der Waals surface area (Å²) in [5.74, 6) is -0.596. The number of nitrogens with one attached hydrogen (secondary N) is 1. The molecule has 1 aromatic carbocycles. The molecule has 1 fully saturated rings. The van der Waals surface area contributed by atoms with Crippen molar-refractivity contribution in [1.82, 2.24) is 10.4 Å². The van der Waals surface area contributed by atoms with Crippen LogP contribution in [0.3, 0.4) is 0 Å². The predicted octanol–water partition coefficient (Wildman–Crippen LogP) is 1.86. The van der Waals surface area contributed by atoms with Crippen molar-refractivity contribution in [3.05, 3.63) is 29.8 Å². The maximum atomic E-state index is 12.0. The number of carbonyl (C=O) groups excluding carboxylic acids is 1. The minimum Gasteiger partial charge on any atom is -0.771 e. The lowest BCUT2D eigenvalue weighted by Gasteiger charge is -2.42. The topological polar surface area (TPSA) is 102 Å². The summed E-state index contributed by atoms with van der Waals surface area (Å²) in [7, 11) is 1.64. The second-order valence-corrected chi connectivity index (χ2v) is 7.95. The van der Waals surface area contributed by atoms with Gasteiger partial charge in [0.2, 0.25) is 5.91 Å². The molecule has 2 rings (SSSR count). The van der Waals surface area contributed by atoms with Crippen LogP contribution in [0.25, 0.3) is 0 Å². The second kappa shape index (κ2) is 9.45. The largest absolute Gasteiger partial charge is 0.771 e. The standard InChI is InChI=1S/C18H28N2O5S/c1-12(2)16(17(21)19-22)18(26(23)24)20-10-8-13(9-11-20)14-6-4-5-7-15(14)25-3/h4-7,12-13,16,18,22H,8-11H2,1-3H3,(H,19,21)(H,23,24)/p-1. The van der Waals surface area contributed by atoms with Crippen LogP contribution in [0, 0.1) is 11.8 Å². The van der Waals surface area contributed by atoms with Crippen molar-refractivity contribution < 1.29 is 23.5 Å². The molecule has 1 amide bonds. The number of hydrogen-bond acceptors (Lipinski definition) is 6. The number of nitrogens with zero attached hydrogens (tertiary/aromatic N) is 1. The third-order valence-corrected chi connectivity index (χ3v) is 6.09. The maximum absolute atomic E-state index is 12.0. The van der Waals surface area contributed by atoms with E-state index < -0.39 is 28.3 Å². The summed E-state index contributed by atoms with van der Waals surface area (Å²) in [6.45, 7) is 4.68. The molecule has 3 atom stereocenters. The van der Waals surface area contributed by atoms with Crippen molar-refractivity contribution in [1.29, 1.82) is 0 Å². The number of para-hydroxylation sites is 1. The number of hydroxylamine groups is 1. The molecule has 8 heteroatoms. The maximum Gasteiger partial charge on any atom is 0.249 e. The van der Waals surface area contributed by atoms with Crippen LogP contribution < -0.4 is 10.2 Å². The van der Waals surface area contributed by atoms with Crippen LogP contribution in [-0.4, -0.2) is 50.3 Å². The van der Waals surface area contributed by atoms with Gasteiger partial charge in [-0.05, 0) is 60.5 Å². The highest BCUT2D eigenvalue weighted by Crippen LogP contribution is 2.36. The number of ether oxygens (including phenoxy) is 1. The van der Waals surface area contributed by atoms with Gasteiger partial charge in [-0.25, -0.2) is 5.48 Å². The summed E-state index contributed by atoms with van der Waals surface area (Å²) in [4.78, 5) is 13.9. The van der Waals surface area contributed by atoms with E-state index in [0.717, 1.165) is 24.2 Å². The Bertz CT molecular complexity index is 632. The quantitative estimate of drug-likeness (QED) is 0.423. The average molecular weight is 383 g/mol. The minimum atomic E-state index is -2.46. The molecule has 146 valence electrons. The van der Waals surface area contributed by atoms with E-state index in [-0.39, 0.29) is 11.8 Å². The Morgan fingerprint density at radius 3 is 2.46 bits per heavy atom. The van der Waals surface area contributed by atoms with Gasteiger partial charge in [0.1, 0.15) is 5.75 Å². The molecule has 1 heterocycles. The Kier molecular flexibility index (Phi) is 7.57. The predicted molar refractivity (Wildman–Crippen MR) is 97.5 cm³/mol. The van der Waals surface area contributed by atoms with Crippen molar-refractivity contribution in [2.75, 3.05) is 20.2 Å². The molecule has 0 aliphatic carbocycles. The van der Waals surface area contributed by atoms with Gasteiger partial charge in [0.05, 0.1) is 18.4 Å². The molecule has 0 bridgehead atoms. The smallest absolute Gasteiger partial charge is 0.249 e. The van der Waals surface area contributed by atoms with Crippen molar-refractivity contribution in [2.24, 2.45) is 11.8 Å². The molecule has 0 aromatic heterocycles. The number of hydrogen-bond donors (Lipinski definition) is 2. The molecule has 0 saturated carbocycles. The molecule has 26 heavy (non-hydrogen) atoms. The van der Waals surface area contributed by atoms with Gasteiger partial charge in [-0.3, -0.25) is 19.1 Å². The minimum absolute atomic E-state index is 0.225. The summed E-state index contributed by atoms with van der Waals surface area (Å²) < 4.78 is 29.2. The molecule has 1 aliphatic heterocycles. The third-order valence-electron chi connectivity index (χ3n) is 5.10. The monoisotopic (exact) mass is 383 g/mol. The van der Waals surface area contributed by atoms with Crippen LogP contribution in [-0.2, 0) is 15.9 Å². The number of methoxy groups -OCH3 is 1. The molecule has 3 unspecified atom stereocenters. The summed E-state index contributed by atoms with van der Waals surface area (Å²) in [5.41, 5.74) is 2.74. The first-order valence-corrected chi connectivity index (χ1v) is 9.93. The first kappa shape index (κ1) is 20.8. The van der Waals surface area contributed by atoms with Crippen molar-refractivity contribution >= 4 is 17.0 Å². The Morgan fingerprint density at radius 1 is 1.35 bits per heavy atom. The normalized spacial score (nSPS) is 19.8. The number of carbonyl (C=O) groups is 1. The van der Waals surface area contributed by atoms with Crippen LogP contribution >= 0.6 is 0 Å². The lowest BCUT2D eigenvalue weighted by Crippen LogP contribution is -2.52. The van der Waals surface area contributed by atoms with Crippen molar-refractivity contribution in [3.8, 4) is 5.75 Å². The van der Waals surface area contributed by atoms with E-state index in [9.17, 15) is 13.6 Å². The number of piperidine rings is 1. The summed E-state index contributed by atoms with van der Waals surface area (Å²) in [6.07, 6.45) is 1.55. The Morgan fingerprint density at radius 2 is 1.96 bits per heavy atom. The second-order valence-electron chi connectivity index (χ2n) is 6.95. The van der Waals surface area contributed by atoms with E-state index in [4.69, 9.17) is 9.94 Å². The van der Waals surface area contributed by atoms with Crippen LogP contribution in [0.5, 0.6) is 5.75 Å². The number of rotatable bonds is 7. The first-order chi connectivity index (χ1) is 12.4. The number of likely N-dealkylation sites (tertiary alicyclic amines) is 1. The SMILES string of the molecule is COc1ccccc1C1CCN(C(C(C(=O)NO)C(C)C)S(=O)[O-])CC1. The fraction of sp³-hybridized carbons (Fsp3) is 0.611. The lowest BCUT2D eigenvalue weighted by molar-refractivity contribution is -0.136. The zero-order chi connectivity index (χ0) is 19.3. The van der Waals surface area contributed by atoms with E-state index in [1.807, 2.05) is 29.2 Å². The van der Waals surface area contributed by atoms with E-state index in [1.165, 1.54) is 0 Å². The zero-order valence-corrected chi connectivity index (χ0v) is 16.2. The number of benzene rings is 1. The zero-order valence-electron chi connectivity index (χ0n) is 15.4. The Balaban J connectivity index is 2.15. The van der Waals surface area contributed by atoms with Gasteiger partial charge in [0, 0.05) is 0 Å². The van der Waals surface area contributed by atoms with Gasteiger partial charge in [-0.2, -0.15) is 0 Å². The molecule has 0 spiro atoms. The third kappa shape index (κ3) is 4.62. The lowest BCUT2D eigenvalue weighted by atomic mass is 9.87. The van der Waals surface area contributed by atoms with E-state index >= 15 is 0 Å². The van der Waals surface area contributed by atoms with Crippen molar-refractivity contribution in [2.45, 2.75) is 38.0 Å². The number of amides is 1. The molecule has 1 aromatic rings. The van der Waals surface area contributed by atoms with Crippen molar-refractivity contribution in [3.63, 3.8) is 0 Å². The van der Waals surface area contributed by atoms with E-state index in [2.05, 4.69) is 0 Å². The van der Waals surface area contributed by atoms with Crippen LogP contribution in [0.15, 0.2) is 24.3 Å². The van der Waals surface area contributed by atoms with Crippen LogP contribution in [0.1, 0.15) is 38.2 Å². The molecular weight excluding hydrogens is 356 g/mol. The highest BCUT2D eigenvalue weighted by Gasteiger charge is 2.38. The molecule has 1 saturated heterocycles.